The summed E-state index contributed by atoms with van der Waals surface area (Å²) < 4.78 is 13.9. The topological polar surface area (TPSA) is 40.5 Å². The maximum atomic E-state index is 13.9. The van der Waals surface area contributed by atoms with Crippen LogP contribution in [0.5, 0.6) is 5.75 Å². The Kier molecular flexibility index (Phi) is 5.75. The maximum Gasteiger partial charge on any atom is 0.224 e. The van der Waals surface area contributed by atoms with Crippen LogP contribution in [0.4, 0.5) is 10.1 Å². The number of anilines is 1. The molecule has 0 bridgehead atoms. The number of phenolic OH excluding ortho intramolecular Hbond substituents is 1. The number of thioether (sulfide) groups is 1. The molecule has 0 aliphatic heterocycles. The van der Waals surface area contributed by atoms with Crippen molar-refractivity contribution in [2.45, 2.75) is 18.7 Å². The number of hydrogen-bond acceptors (Lipinski definition) is 4. The van der Waals surface area contributed by atoms with E-state index in [4.69, 9.17) is 0 Å². The molecule has 0 aliphatic rings. The first-order chi connectivity index (χ1) is 13.3. The molecule has 0 fully saturated rings. The summed E-state index contributed by atoms with van der Waals surface area (Å²) in [5.74, 6) is -0.131. The molecular weight excluding hydrogens is 373 g/mol. The lowest BCUT2D eigenvalue weighted by Gasteiger charge is -2.17. The van der Waals surface area contributed by atoms with Gasteiger partial charge in [-0.2, -0.15) is 0 Å². The molecule has 0 atom stereocenters. The third kappa shape index (κ3) is 4.20. The highest BCUT2D eigenvalue weighted by molar-refractivity contribution is 8.14. The Morgan fingerprint density at radius 2 is 1.57 bits per heavy atom. The van der Waals surface area contributed by atoms with E-state index in [1.807, 2.05) is 57.1 Å². The summed E-state index contributed by atoms with van der Waals surface area (Å²) >= 11 is 0.884. The fraction of sp³-hybridized carbons (Fsp3) is 0.174. The average Bonchev–Trinajstić information content (AvgIpc) is 2.67. The molecule has 3 rings (SSSR count). The zero-order valence-corrected chi connectivity index (χ0v) is 17.1. The summed E-state index contributed by atoms with van der Waals surface area (Å²) in [7, 11) is 3.81. The van der Waals surface area contributed by atoms with Crippen molar-refractivity contribution in [3.8, 4) is 16.9 Å². The Hall–Kier alpha value is -2.79. The second kappa shape index (κ2) is 8.07. The number of aryl methyl sites for hydroxylation is 2. The molecule has 1 N–H and O–H groups in total. The number of nitrogens with zero attached hydrogens (tertiary/aromatic N) is 1. The SMILES string of the molecule is Cc1cc(-c2cc(C(=O)Sc3ccccc3F)cc(N(C)C)c2)cc(C)c1O. The predicted octanol–water partition coefficient (Wildman–Crippen LogP) is 5.81. The summed E-state index contributed by atoms with van der Waals surface area (Å²) in [6.07, 6.45) is 0. The van der Waals surface area contributed by atoms with E-state index in [-0.39, 0.29) is 10.9 Å². The van der Waals surface area contributed by atoms with E-state index in [1.165, 1.54) is 6.07 Å². The highest BCUT2D eigenvalue weighted by Gasteiger charge is 2.15. The van der Waals surface area contributed by atoms with Gasteiger partial charge in [-0.3, -0.25) is 4.79 Å². The average molecular weight is 395 g/mol. The summed E-state index contributed by atoms with van der Waals surface area (Å²) in [6.45, 7) is 3.70. The number of hydrogen-bond donors (Lipinski definition) is 1. The van der Waals surface area contributed by atoms with Crippen molar-refractivity contribution in [3.63, 3.8) is 0 Å². The minimum absolute atomic E-state index is 0.220. The molecule has 0 amide bonds. The van der Waals surface area contributed by atoms with Crippen LogP contribution in [-0.4, -0.2) is 24.3 Å². The quantitative estimate of drug-likeness (QED) is 0.566. The molecule has 0 heterocycles. The second-order valence-corrected chi connectivity index (χ2v) is 7.96. The minimum Gasteiger partial charge on any atom is -0.507 e. The highest BCUT2D eigenvalue weighted by Crippen LogP contribution is 2.34. The van der Waals surface area contributed by atoms with Gasteiger partial charge in [-0.1, -0.05) is 12.1 Å². The third-order valence-corrected chi connectivity index (χ3v) is 5.51. The molecule has 5 heteroatoms. The Morgan fingerprint density at radius 1 is 0.964 bits per heavy atom. The van der Waals surface area contributed by atoms with Crippen molar-refractivity contribution in [2.75, 3.05) is 19.0 Å². The normalized spacial score (nSPS) is 10.8. The number of phenols is 1. The monoisotopic (exact) mass is 395 g/mol. The molecule has 3 aromatic carbocycles. The van der Waals surface area contributed by atoms with Crippen molar-refractivity contribution in [1.29, 1.82) is 0 Å². The number of carbonyl (C=O) groups is 1. The number of rotatable bonds is 4. The standard InChI is InChI=1S/C23H22FNO2S/c1-14-9-16(10-15(2)22(14)26)17-11-18(13-19(12-17)25(3)4)23(27)28-21-8-6-5-7-20(21)24/h5-13,26H,1-4H3. The van der Waals surface area contributed by atoms with Gasteiger partial charge in [-0.15, -0.1) is 0 Å². The number of halogens is 1. The minimum atomic E-state index is -0.408. The predicted molar refractivity (Wildman–Crippen MR) is 114 cm³/mol. The van der Waals surface area contributed by atoms with Gasteiger partial charge in [0.1, 0.15) is 11.6 Å². The Balaban J connectivity index is 2.05. The molecule has 0 aromatic heterocycles. The molecule has 144 valence electrons. The van der Waals surface area contributed by atoms with Crippen LogP contribution in [0.15, 0.2) is 59.5 Å². The van der Waals surface area contributed by atoms with Gasteiger partial charge in [0, 0.05) is 25.3 Å². The molecule has 0 saturated heterocycles. The summed E-state index contributed by atoms with van der Waals surface area (Å²) in [4.78, 5) is 15.1. The molecule has 0 unspecified atom stereocenters. The van der Waals surface area contributed by atoms with Crippen LogP contribution < -0.4 is 4.90 Å². The molecule has 0 saturated carbocycles. The van der Waals surface area contributed by atoms with Crippen molar-refractivity contribution in [1.82, 2.24) is 0 Å². The Bertz CT molecular complexity index is 1020. The number of aromatic hydroxyl groups is 1. The largest absolute Gasteiger partial charge is 0.507 e. The van der Waals surface area contributed by atoms with E-state index < -0.39 is 5.82 Å². The second-order valence-electron chi connectivity index (χ2n) is 6.94. The molecule has 0 aliphatic carbocycles. The van der Waals surface area contributed by atoms with Gasteiger partial charge in [0.05, 0.1) is 4.90 Å². The van der Waals surface area contributed by atoms with Crippen molar-refractivity contribution >= 4 is 22.6 Å². The van der Waals surface area contributed by atoms with E-state index in [0.717, 1.165) is 39.7 Å². The van der Waals surface area contributed by atoms with E-state index >= 15 is 0 Å². The molecule has 0 spiro atoms. The van der Waals surface area contributed by atoms with Gasteiger partial charge < -0.3 is 10.0 Å². The van der Waals surface area contributed by atoms with Gasteiger partial charge in [-0.05, 0) is 90.3 Å². The lowest BCUT2D eigenvalue weighted by atomic mass is 9.97. The lowest BCUT2D eigenvalue weighted by Crippen LogP contribution is -2.10. The first-order valence-corrected chi connectivity index (χ1v) is 9.67. The fourth-order valence-electron chi connectivity index (χ4n) is 2.96. The van der Waals surface area contributed by atoms with Gasteiger partial charge in [-0.25, -0.2) is 4.39 Å². The van der Waals surface area contributed by atoms with E-state index in [2.05, 4.69) is 0 Å². The van der Waals surface area contributed by atoms with E-state index in [1.54, 1.807) is 24.3 Å². The highest BCUT2D eigenvalue weighted by atomic mass is 32.2. The number of carbonyl (C=O) groups excluding carboxylic acids is 1. The Labute approximate surface area is 168 Å². The van der Waals surface area contributed by atoms with E-state index in [0.29, 0.717) is 10.5 Å². The van der Waals surface area contributed by atoms with Crippen LogP contribution in [0, 0.1) is 19.7 Å². The fourth-order valence-corrected chi connectivity index (χ4v) is 3.71. The van der Waals surface area contributed by atoms with Gasteiger partial charge in [0.25, 0.3) is 0 Å². The van der Waals surface area contributed by atoms with Crippen molar-refractivity contribution in [2.24, 2.45) is 0 Å². The molecule has 3 nitrogen and oxygen atoms in total. The van der Waals surface area contributed by atoms with Crippen LogP contribution in [0.2, 0.25) is 0 Å². The zero-order chi connectivity index (χ0) is 20.4. The third-order valence-electron chi connectivity index (χ3n) is 4.53. The van der Waals surface area contributed by atoms with Crippen LogP contribution in [0.1, 0.15) is 21.5 Å². The summed E-state index contributed by atoms with van der Waals surface area (Å²) in [5.41, 5.74) is 4.71. The van der Waals surface area contributed by atoms with Gasteiger partial charge in [0.15, 0.2) is 0 Å². The van der Waals surface area contributed by atoms with Crippen molar-refractivity contribution in [3.05, 3.63) is 77.1 Å². The molecule has 28 heavy (non-hydrogen) atoms. The lowest BCUT2D eigenvalue weighted by molar-refractivity contribution is 0.108. The first kappa shape index (κ1) is 20.0. The first-order valence-electron chi connectivity index (χ1n) is 8.86. The van der Waals surface area contributed by atoms with E-state index in [9.17, 15) is 14.3 Å². The summed E-state index contributed by atoms with van der Waals surface area (Å²) in [5, 5.41) is 9.83. The van der Waals surface area contributed by atoms with Gasteiger partial charge >= 0.3 is 0 Å². The van der Waals surface area contributed by atoms with Crippen molar-refractivity contribution < 1.29 is 14.3 Å². The van der Waals surface area contributed by atoms with Gasteiger partial charge in [0.2, 0.25) is 5.12 Å². The van der Waals surface area contributed by atoms with Crippen LogP contribution in [0.3, 0.4) is 0 Å². The molecular formula is C23H22FNO2S. The Morgan fingerprint density at radius 3 is 2.18 bits per heavy atom. The molecule has 3 aromatic rings. The smallest absolute Gasteiger partial charge is 0.224 e. The zero-order valence-electron chi connectivity index (χ0n) is 16.3. The summed E-state index contributed by atoms with van der Waals surface area (Å²) in [6, 6.07) is 15.7. The maximum absolute atomic E-state index is 13.9. The van der Waals surface area contributed by atoms with Crippen LogP contribution >= 0.6 is 11.8 Å². The number of benzene rings is 3. The van der Waals surface area contributed by atoms with Crippen LogP contribution in [0.25, 0.3) is 11.1 Å². The molecule has 0 radical (unpaired) electrons. The van der Waals surface area contributed by atoms with Crippen LogP contribution in [-0.2, 0) is 0 Å².